The molecule has 0 atom stereocenters. The van der Waals surface area contributed by atoms with E-state index in [-0.39, 0.29) is 18.3 Å². The van der Waals surface area contributed by atoms with Crippen LogP contribution >= 0.6 is 23.4 Å². The van der Waals surface area contributed by atoms with E-state index in [9.17, 15) is 4.79 Å². The van der Waals surface area contributed by atoms with Gasteiger partial charge in [-0.2, -0.15) is 0 Å². The van der Waals surface area contributed by atoms with Gasteiger partial charge >= 0.3 is 0 Å². The summed E-state index contributed by atoms with van der Waals surface area (Å²) in [6.07, 6.45) is 0. The molecule has 0 saturated carbocycles. The van der Waals surface area contributed by atoms with Crippen LogP contribution in [0.3, 0.4) is 0 Å². The van der Waals surface area contributed by atoms with Crippen LogP contribution in [-0.4, -0.2) is 26.4 Å². The van der Waals surface area contributed by atoms with Crippen molar-refractivity contribution in [1.29, 1.82) is 0 Å². The third-order valence-corrected chi connectivity index (χ3v) is 5.64. The number of aromatic nitrogens is 3. The minimum Gasteiger partial charge on any atom is -0.484 e. The Morgan fingerprint density at radius 1 is 1.17 bits per heavy atom. The zero-order valence-electron chi connectivity index (χ0n) is 16.6. The van der Waals surface area contributed by atoms with Crippen LogP contribution in [-0.2, 0) is 18.4 Å². The fraction of sp³-hybridized carbons (Fsp3) is 0.286. The largest absolute Gasteiger partial charge is 0.484 e. The topological polar surface area (TPSA) is 69.0 Å². The van der Waals surface area contributed by atoms with E-state index < -0.39 is 0 Å². The summed E-state index contributed by atoms with van der Waals surface area (Å²) in [6, 6.07) is 15.1. The molecule has 0 saturated heterocycles. The molecule has 0 bridgehead atoms. The SMILES string of the molecule is CC(C)c1ccccc1NC(=O)CSc1nnc(COc2ccccc2Cl)n1C. The second-order valence-corrected chi connectivity index (χ2v) is 8.11. The molecular formula is C21H23ClN4O2S. The highest BCUT2D eigenvalue weighted by molar-refractivity contribution is 7.99. The van der Waals surface area contributed by atoms with Gasteiger partial charge in [-0.15, -0.1) is 10.2 Å². The van der Waals surface area contributed by atoms with Gasteiger partial charge in [0.1, 0.15) is 12.4 Å². The molecule has 0 fully saturated rings. The molecule has 1 heterocycles. The van der Waals surface area contributed by atoms with Gasteiger partial charge in [0.25, 0.3) is 0 Å². The fourth-order valence-corrected chi connectivity index (χ4v) is 3.65. The number of amides is 1. The Balaban J connectivity index is 1.56. The van der Waals surface area contributed by atoms with Gasteiger partial charge in [0.2, 0.25) is 5.91 Å². The smallest absolute Gasteiger partial charge is 0.234 e. The molecule has 3 rings (SSSR count). The number of carbonyl (C=O) groups is 1. The van der Waals surface area contributed by atoms with Crippen LogP contribution < -0.4 is 10.1 Å². The molecule has 1 aromatic heterocycles. The van der Waals surface area contributed by atoms with Gasteiger partial charge in [-0.1, -0.05) is 67.5 Å². The summed E-state index contributed by atoms with van der Waals surface area (Å²) in [5, 5.41) is 12.5. The van der Waals surface area contributed by atoms with Crippen molar-refractivity contribution in [2.75, 3.05) is 11.1 Å². The average Bonchev–Trinajstić information content (AvgIpc) is 3.05. The number of thioether (sulfide) groups is 1. The zero-order valence-corrected chi connectivity index (χ0v) is 18.1. The maximum Gasteiger partial charge on any atom is 0.234 e. The first-order chi connectivity index (χ1) is 14.0. The molecule has 2 aromatic carbocycles. The van der Waals surface area contributed by atoms with Crippen LogP contribution in [0.15, 0.2) is 53.7 Å². The quantitative estimate of drug-likeness (QED) is 0.514. The van der Waals surface area contributed by atoms with Crippen molar-refractivity contribution < 1.29 is 9.53 Å². The number of nitrogens with one attached hydrogen (secondary N) is 1. The number of ether oxygens (including phenoxy) is 1. The van der Waals surface area contributed by atoms with Gasteiger partial charge in [0.15, 0.2) is 11.0 Å². The third kappa shape index (κ3) is 5.52. The van der Waals surface area contributed by atoms with Crippen molar-refractivity contribution in [2.45, 2.75) is 31.5 Å². The molecule has 0 aliphatic carbocycles. The molecule has 29 heavy (non-hydrogen) atoms. The predicted octanol–water partition coefficient (Wildman–Crippen LogP) is 4.90. The summed E-state index contributed by atoms with van der Waals surface area (Å²) >= 11 is 7.43. The summed E-state index contributed by atoms with van der Waals surface area (Å²) in [7, 11) is 1.85. The summed E-state index contributed by atoms with van der Waals surface area (Å²) in [4.78, 5) is 12.4. The number of carbonyl (C=O) groups excluding carboxylic acids is 1. The van der Waals surface area contributed by atoms with Crippen LogP contribution in [0.4, 0.5) is 5.69 Å². The molecule has 6 nitrogen and oxygen atoms in total. The second kappa shape index (κ2) is 9.80. The first-order valence-electron chi connectivity index (χ1n) is 9.23. The van der Waals surface area contributed by atoms with E-state index in [1.54, 1.807) is 12.1 Å². The first-order valence-corrected chi connectivity index (χ1v) is 10.6. The molecule has 3 aromatic rings. The van der Waals surface area contributed by atoms with E-state index in [4.69, 9.17) is 16.3 Å². The maximum absolute atomic E-state index is 12.4. The standard InChI is InChI=1S/C21H23ClN4O2S/c1-14(2)15-8-4-6-10-17(15)23-20(27)13-29-21-25-24-19(26(21)3)12-28-18-11-7-5-9-16(18)22/h4-11,14H,12-13H2,1-3H3,(H,23,27). The fourth-order valence-electron chi connectivity index (χ4n) is 2.73. The van der Waals surface area contributed by atoms with Crippen molar-refractivity contribution in [2.24, 2.45) is 7.05 Å². The van der Waals surface area contributed by atoms with Gasteiger partial charge in [0, 0.05) is 12.7 Å². The van der Waals surface area contributed by atoms with Crippen molar-refractivity contribution in [1.82, 2.24) is 14.8 Å². The van der Waals surface area contributed by atoms with Crippen molar-refractivity contribution >= 4 is 35.0 Å². The van der Waals surface area contributed by atoms with Crippen molar-refractivity contribution in [3.8, 4) is 5.75 Å². The Kier molecular flexibility index (Phi) is 7.17. The van der Waals surface area contributed by atoms with Crippen LogP contribution in [0.5, 0.6) is 5.75 Å². The molecular weight excluding hydrogens is 408 g/mol. The van der Waals surface area contributed by atoms with E-state index in [1.165, 1.54) is 11.8 Å². The molecule has 0 aliphatic rings. The number of benzene rings is 2. The summed E-state index contributed by atoms with van der Waals surface area (Å²) in [6.45, 7) is 4.44. The van der Waals surface area contributed by atoms with Crippen LogP contribution in [0.2, 0.25) is 5.02 Å². The molecule has 1 amide bonds. The number of para-hydroxylation sites is 2. The zero-order chi connectivity index (χ0) is 20.8. The predicted molar refractivity (Wildman–Crippen MR) is 117 cm³/mol. The normalized spacial score (nSPS) is 10.9. The minimum atomic E-state index is -0.0834. The van der Waals surface area contributed by atoms with Crippen molar-refractivity contribution in [3.63, 3.8) is 0 Å². The average molecular weight is 431 g/mol. The van der Waals surface area contributed by atoms with Crippen LogP contribution in [0.1, 0.15) is 31.2 Å². The number of rotatable bonds is 8. The third-order valence-electron chi connectivity index (χ3n) is 4.31. The van der Waals surface area contributed by atoms with Gasteiger partial charge in [0.05, 0.1) is 10.8 Å². The Morgan fingerprint density at radius 3 is 2.66 bits per heavy atom. The lowest BCUT2D eigenvalue weighted by molar-refractivity contribution is -0.113. The maximum atomic E-state index is 12.4. The van der Waals surface area contributed by atoms with E-state index >= 15 is 0 Å². The van der Waals surface area contributed by atoms with E-state index in [0.717, 1.165) is 11.3 Å². The molecule has 8 heteroatoms. The summed E-state index contributed by atoms with van der Waals surface area (Å²) in [5.41, 5.74) is 1.96. The Labute approximate surface area is 179 Å². The highest BCUT2D eigenvalue weighted by Gasteiger charge is 2.14. The Hall–Kier alpha value is -2.51. The molecule has 0 spiro atoms. The lowest BCUT2D eigenvalue weighted by atomic mass is 10.0. The van der Waals surface area contributed by atoms with E-state index in [0.29, 0.717) is 27.7 Å². The lowest BCUT2D eigenvalue weighted by Gasteiger charge is -2.13. The number of hydrogen-bond donors (Lipinski definition) is 1. The van der Waals surface area contributed by atoms with Crippen LogP contribution in [0.25, 0.3) is 0 Å². The highest BCUT2D eigenvalue weighted by Crippen LogP contribution is 2.25. The molecule has 152 valence electrons. The highest BCUT2D eigenvalue weighted by atomic mass is 35.5. The van der Waals surface area contributed by atoms with Gasteiger partial charge in [-0.3, -0.25) is 4.79 Å². The molecule has 0 unspecified atom stereocenters. The number of halogens is 1. The molecule has 1 N–H and O–H groups in total. The number of anilines is 1. The monoisotopic (exact) mass is 430 g/mol. The van der Waals surface area contributed by atoms with Gasteiger partial charge < -0.3 is 14.6 Å². The second-order valence-electron chi connectivity index (χ2n) is 6.76. The Morgan fingerprint density at radius 2 is 1.90 bits per heavy atom. The van der Waals surface area contributed by atoms with E-state index in [2.05, 4.69) is 29.4 Å². The van der Waals surface area contributed by atoms with E-state index in [1.807, 2.05) is 48.0 Å². The van der Waals surface area contributed by atoms with Gasteiger partial charge in [-0.25, -0.2) is 0 Å². The Bertz CT molecular complexity index is 990. The lowest BCUT2D eigenvalue weighted by Crippen LogP contribution is -2.16. The summed E-state index contributed by atoms with van der Waals surface area (Å²) in [5.74, 6) is 1.73. The van der Waals surface area contributed by atoms with Gasteiger partial charge in [-0.05, 0) is 29.7 Å². The van der Waals surface area contributed by atoms with Crippen LogP contribution in [0, 0.1) is 0 Å². The minimum absolute atomic E-state index is 0.0834. The molecule has 0 radical (unpaired) electrons. The van der Waals surface area contributed by atoms with Crippen molar-refractivity contribution in [3.05, 3.63) is 64.9 Å². The number of nitrogens with zero attached hydrogens (tertiary/aromatic N) is 3. The number of hydrogen-bond acceptors (Lipinski definition) is 5. The molecule has 0 aliphatic heterocycles. The summed E-state index contributed by atoms with van der Waals surface area (Å²) < 4.78 is 7.53. The first kappa shape index (κ1) is 21.2.